The predicted octanol–water partition coefficient (Wildman–Crippen LogP) is 2.24. The van der Waals surface area contributed by atoms with Gasteiger partial charge >= 0.3 is 0 Å². The Hall–Kier alpha value is -1.58. The maximum Gasteiger partial charge on any atom is 0.242 e. The molecule has 2 unspecified atom stereocenters. The number of nitrogens with one attached hydrogen (secondary N) is 1. The van der Waals surface area contributed by atoms with Gasteiger partial charge in [-0.05, 0) is 49.3 Å². The summed E-state index contributed by atoms with van der Waals surface area (Å²) < 4.78 is 27.7. The molecule has 0 saturated heterocycles. The maximum atomic E-state index is 12.5. The van der Waals surface area contributed by atoms with Crippen molar-refractivity contribution in [3.8, 4) is 6.07 Å². The van der Waals surface area contributed by atoms with Gasteiger partial charge in [0.2, 0.25) is 10.0 Å². The second kappa shape index (κ2) is 6.04. The highest BCUT2D eigenvalue weighted by molar-refractivity contribution is 7.89. The molecule has 2 atom stereocenters. The summed E-state index contributed by atoms with van der Waals surface area (Å²) >= 11 is 0. The minimum absolute atomic E-state index is 0.0485. The molecule has 6 heteroatoms. The van der Waals surface area contributed by atoms with E-state index in [0.29, 0.717) is 17.4 Å². The smallest absolute Gasteiger partial charge is 0.242 e. The van der Waals surface area contributed by atoms with Gasteiger partial charge in [0.15, 0.2) is 0 Å². The molecule has 0 aliphatic heterocycles. The monoisotopic (exact) mass is 307 g/mol. The van der Waals surface area contributed by atoms with Gasteiger partial charge in [-0.3, -0.25) is 0 Å². The first kappa shape index (κ1) is 15.8. The molecule has 1 fully saturated rings. The fourth-order valence-electron chi connectivity index (χ4n) is 3.19. The van der Waals surface area contributed by atoms with E-state index < -0.39 is 10.0 Å². The molecular formula is C15H21N3O2S. The van der Waals surface area contributed by atoms with E-state index in [2.05, 4.69) is 18.6 Å². The fraction of sp³-hybridized carbons (Fsp3) is 0.533. The zero-order valence-corrected chi connectivity index (χ0v) is 13.2. The largest absolute Gasteiger partial charge is 0.398 e. The molecule has 1 aliphatic rings. The lowest BCUT2D eigenvalue weighted by Gasteiger charge is -2.31. The molecule has 114 valence electrons. The van der Waals surface area contributed by atoms with Gasteiger partial charge in [-0.25, -0.2) is 13.1 Å². The molecule has 0 heterocycles. The second-order valence-electron chi connectivity index (χ2n) is 6.10. The Morgan fingerprint density at radius 3 is 2.38 bits per heavy atom. The van der Waals surface area contributed by atoms with Gasteiger partial charge in [0, 0.05) is 6.04 Å². The second-order valence-corrected chi connectivity index (χ2v) is 7.78. The number of nitrogens with zero attached hydrogens (tertiary/aromatic N) is 1. The molecule has 5 nitrogen and oxygen atoms in total. The van der Waals surface area contributed by atoms with Crippen LogP contribution in [0.15, 0.2) is 23.1 Å². The molecule has 1 aliphatic carbocycles. The summed E-state index contributed by atoms with van der Waals surface area (Å²) in [4.78, 5) is 0.0485. The van der Waals surface area contributed by atoms with Crippen LogP contribution in [0.2, 0.25) is 0 Å². The Balaban J connectivity index is 2.21. The fourth-order valence-corrected chi connectivity index (χ4v) is 4.56. The van der Waals surface area contributed by atoms with E-state index >= 15 is 0 Å². The first-order chi connectivity index (χ1) is 9.81. The SMILES string of the molecule is CC1CC(C)CC(NS(=O)(=O)c2ccc(C#N)cc2N)C1. The topological polar surface area (TPSA) is 96.0 Å². The first-order valence-corrected chi connectivity index (χ1v) is 8.62. The van der Waals surface area contributed by atoms with Crippen molar-refractivity contribution in [1.82, 2.24) is 4.72 Å². The molecular weight excluding hydrogens is 286 g/mol. The minimum Gasteiger partial charge on any atom is -0.398 e. The summed E-state index contributed by atoms with van der Waals surface area (Å²) in [5.41, 5.74) is 6.24. The molecule has 2 rings (SSSR count). The van der Waals surface area contributed by atoms with E-state index in [0.717, 1.165) is 19.3 Å². The van der Waals surface area contributed by atoms with Crippen LogP contribution < -0.4 is 10.5 Å². The van der Waals surface area contributed by atoms with Crippen molar-refractivity contribution in [3.05, 3.63) is 23.8 Å². The number of sulfonamides is 1. The van der Waals surface area contributed by atoms with Gasteiger partial charge < -0.3 is 5.73 Å². The van der Waals surface area contributed by atoms with Crippen LogP contribution in [0.3, 0.4) is 0 Å². The predicted molar refractivity (Wildman–Crippen MR) is 81.9 cm³/mol. The summed E-state index contributed by atoms with van der Waals surface area (Å²) in [6.07, 6.45) is 2.83. The van der Waals surface area contributed by atoms with Crippen LogP contribution in [0.5, 0.6) is 0 Å². The molecule has 0 amide bonds. The van der Waals surface area contributed by atoms with Crippen LogP contribution >= 0.6 is 0 Å². The quantitative estimate of drug-likeness (QED) is 0.837. The zero-order chi connectivity index (χ0) is 15.6. The standard InChI is InChI=1S/C15H21N3O2S/c1-10-5-11(2)7-13(6-10)18-21(19,20)15-4-3-12(9-16)8-14(15)17/h3-4,8,10-11,13,18H,5-7,17H2,1-2H3. The Morgan fingerprint density at radius 2 is 1.86 bits per heavy atom. The van der Waals surface area contributed by atoms with E-state index in [9.17, 15) is 8.42 Å². The van der Waals surface area contributed by atoms with Crippen LogP contribution in [-0.2, 0) is 10.0 Å². The van der Waals surface area contributed by atoms with Crippen molar-refractivity contribution in [2.75, 3.05) is 5.73 Å². The highest BCUT2D eigenvalue weighted by atomic mass is 32.2. The molecule has 1 aromatic rings. The lowest BCUT2D eigenvalue weighted by molar-refractivity contribution is 0.258. The van der Waals surface area contributed by atoms with Crippen LogP contribution in [0.25, 0.3) is 0 Å². The van der Waals surface area contributed by atoms with Crippen LogP contribution in [-0.4, -0.2) is 14.5 Å². The average molecular weight is 307 g/mol. The van der Waals surface area contributed by atoms with Gasteiger partial charge in [0.25, 0.3) is 0 Å². The van der Waals surface area contributed by atoms with Gasteiger partial charge in [-0.15, -0.1) is 0 Å². The Bertz CT molecular complexity index is 654. The van der Waals surface area contributed by atoms with Crippen LogP contribution in [0.4, 0.5) is 5.69 Å². The number of hydrogen-bond donors (Lipinski definition) is 2. The minimum atomic E-state index is -3.65. The van der Waals surface area contributed by atoms with Gasteiger partial charge in [0.1, 0.15) is 4.90 Å². The van der Waals surface area contributed by atoms with E-state index in [1.165, 1.54) is 18.2 Å². The Labute approximate surface area is 126 Å². The van der Waals surface area contributed by atoms with E-state index in [1.54, 1.807) is 0 Å². The number of benzene rings is 1. The normalized spacial score (nSPS) is 26.2. The lowest BCUT2D eigenvalue weighted by atomic mass is 9.81. The third kappa shape index (κ3) is 3.74. The molecule has 21 heavy (non-hydrogen) atoms. The van der Waals surface area contributed by atoms with Crippen LogP contribution in [0, 0.1) is 23.2 Å². The van der Waals surface area contributed by atoms with Crippen molar-refractivity contribution in [2.24, 2.45) is 11.8 Å². The highest BCUT2D eigenvalue weighted by Gasteiger charge is 2.28. The molecule has 0 aromatic heterocycles. The molecule has 1 aromatic carbocycles. The van der Waals surface area contributed by atoms with Crippen molar-refractivity contribution in [1.29, 1.82) is 5.26 Å². The zero-order valence-electron chi connectivity index (χ0n) is 12.3. The van der Waals surface area contributed by atoms with Gasteiger partial charge in [0.05, 0.1) is 17.3 Å². The van der Waals surface area contributed by atoms with Crippen molar-refractivity contribution in [3.63, 3.8) is 0 Å². The highest BCUT2D eigenvalue weighted by Crippen LogP contribution is 2.30. The van der Waals surface area contributed by atoms with E-state index in [-0.39, 0.29) is 16.6 Å². The van der Waals surface area contributed by atoms with Gasteiger partial charge in [-0.1, -0.05) is 13.8 Å². The molecule has 0 bridgehead atoms. The summed E-state index contributed by atoms with van der Waals surface area (Å²) in [5, 5.41) is 8.80. The number of nitrogens with two attached hydrogens (primary N) is 1. The average Bonchev–Trinajstić information content (AvgIpc) is 2.36. The Kier molecular flexibility index (Phi) is 4.55. The number of rotatable bonds is 3. The number of nitrogen functional groups attached to an aromatic ring is 1. The van der Waals surface area contributed by atoms with Crippen molar-refractivity contribution in [2.45, 2.75) is 44.0 Å². The third-order valence-electron chi connectivity index (χ3n) is 3.93. The van der Waals surface area contributed by atoms with E-state index in [1.807, 2.05) is 6.07 Å². The third-order valence-corrected chi connectivity index (χ3v) is 5.52. The summed E-state index contributed by atoms with van der Waals surface area (Å²) in [5.74, 6) is 1.03. The Morgan fingerprint density at radius 1 is 1.24 bits per heavy atom. The summed E-state index contributed by atoms with van der Waals surface area (Å²) in [6, 6.07) is 6.15. The van der Waals surface area contributed by atoms with Gasteiger partial charge in [-0.2, -0.15) is 5.26 Å². The van der Waals surface area contributed by atoms with Crippen LogP contribution in [0.1, 0.15) is 38.7 Å². The number of hydrogen-bond acceptors (Lipinski definition) is 4. The van der Waals surface area contributed by atoms with Crippen molar-refractivity contribution >= 4 is 15.7 Å². The number of anilines is 1. The molecule has 1 saturated carbocycles. The number of nitriles is 1. The maximum absolute atomic E-state index is 12.5. The van der Waals surface area contributed by atoms with E-state index in [4.69, 9.17) is 11.0 Å². The first-order valence-electron chi connectivity index (χ1n) is 7.13. The van der Waals surface area contributed by atoms with Crippen molar-refractivity contribution < 1.29 is 8.42 Å². The summed E-state index contributed by atoms with van der Waals surface area (Å²) in [7, 11) is -3.65. The molecule has 0 radical (unpaired) electrons. The summed E-state index contributed by atoms with van der Waals surface area (Å²) in [6.45, 7) is 4.29. The molecule has 0 spiro atoms. The lowest BCUT2D eigenvalue weighted by Crippen LogP contribution is -2.40. The molecule has 3 N–H and O–H groups in total.